The first kappa shape index (κ1) is 16.6. The molecule has 3 rings (SSSR count). The lowest BCUT2D eigenvalue weighted by Gasteiger charge is -2.31. The minimum absolute atomic E-state index is 0.196. The second-order valence-corrected chi connectivity index (χ2v) is 5.92. The lowest BCUT2D eigenvalue weighted by atomic mass is 9.87. The average molecular weight is 336 g/mol. The Balaban J connectivity index is 1.85. The third-order valence-corrected chi connectivity index (χ3v) is 4.54. The summed E-state index contributed by atoms with van der Waals surface area (Å²) < 4.78 is 37.3. The number of nitrogens with one attached hydrogen (secondary N) is 1. The van der Waals surface area contributed by atoms with Gasteiger partial charge in [0.2, 0.25) is 0 Å². The molecule has 1 heterocycles. The predicted molar refractivity (Wildman–Crippen MR) is 81.2 cm³/mol. The van der Waals surface area contributed by atoms with E-state index in [1.807, 2.05) is 0 Å². The number of methoxy groups -OCH3 is 1. The van der Waals surface area contributed by atoms with Gasteiger partial charge in [0.05, 0.1) is 19.9 Å². The standard InChI is InChI=1S/C17H18F2N2O3/c1-23-16(22)12-9-21-24-15(12)10-20-17(6-2-3-7-17)13-5-4-11(18)8-14(13)19/h4-5,8-9,20H,2-3,6-7,10H2,1H3. The molecule has 1 aliphatic carbocycles. The van der Waals surface area contributed by atoms with E-state index in [-0.39, 0.29) is 12.1 Å². The van der Waals surface area contributed by atoms with Crippen LogP contribution >= 0.6 is 0 Å². The van der Waals surface area contributed by atoms with Crippen molar-refractivity contribution < 1.29 is 22.8 Å². The molecule has 1 aromatic heterocycles. The van der Waals surface area contributed by atoms with Gasteiger partial charge in [0.1, 0.15) is 17.2 Å². The van der Waals surface area contributed by atoms with Crippen LogP contribution in [0.5, 0.6) is 0 Å². The van der Waals surface area contributed by atoms with E-state index in [1.165, 1.54) is 25.4 Å². The first-order chi connectivity index (χ1) is 11.6. The normalized spacial score (nSPS) is 16.3. The maximum Gasteiger partial charge on any atom is 0.343 e. The molecule has 0 amide bonds. The molecular weight excluding hydrogens is 318 g/mol. The van der Waals surface area contributed by atoms with Crippen LogP contribution in [-0.2, 0) is 16.8 Å². The second-order valence-electron chi connectivity index (χ2n) is 5.92. The van der Waals surface area contributed by atoms with Gasteiger partial charge in [0.15, 0.2) is 5.76 Å². The summed E-state index contributed by atoms with van der Waals surface area (Å²) in [5.41, 5.74) is 0.0519. The summed E-state index contributed by atoms with van der Waals surface area (Å²) in [6.07, 6.45) is 4.60. The monoisotopic (exact) mass is 336 g/mol. The van der Waals surface area contributed by atoms with Gasteiger partial charge in [0.25, 0.3) is 0 Å². The number of rotatable bonds is 5. The maximum absolute atomic E-state index is 14.3. The topological polar surface area (TPSA) is 64.4 Å². The molecule has 1 fully saturated rings. The highest BCUT2D eigenvalue weighted by Crippen LogP contribution is 2.40. The van der Waals surface area contributed by atoms with Crippen LogP contribution in [0.3, 0.4) is 0 Å². The molecule has 128 valence electrons. The van der Waals surface area contributed by atoms with Crippen molar-refractivity contribution in [3.8, 4) is 0 Å². The Morgan fingerprint density at radius 1 is 1.38 bits per heavy atom. The molecule has 1 aromatic carbocycles. The Morgan fingerprint density at radius 3 is 2.79 bits per heavy atom. The SMILES string of the molecule is COC(=O)c1cnoc1CNC1(c2ccc(F)cc2F)CCCC1. The third kappa shape index (κ3) is 3.03. The Kier molecular flexibility index (Phi) is 4.62. The van der Waals surface area contributed by atoms with Crippen LogP contribution in [0.4, 0.5) is 8.78 Å². The number of ether oxygens (including phenoxy) is 1. The number of halogens is 2. The maximum atomic E-state index is 14.3. The molecule has 24 heavy (non-hydrogen) atoms. The zero-order valence-corrected chi connectivity index (χ0v) is 13.3. The molecule has 1 saturated carbocycles. The van der Waals surface area contributed by atoms with Crippen LogP contribution in [0, 0.1) is 11.6 Å². The Morgan fingerprint density at radius 2 is 2.12 bits per heavy atom. The van der Waals surface area contributed by atoms with Crippen molar-refractivity contribution in [2.45, 2.75) is 37.8 Å². The van der Waals surface area contributed by atoms with E-state index >= 15 is 0 Å². The van der Waals surface area contributed by atoms with Crippen LogP contribution in [0.25, 0.3) is 0 Å². The van der Waals surface area contributed by atoms with E-state index < -0.39 is 23.1 Å². The van der Waals surface area contributed by atoms with Crippen molar-refractivity contribution in [2.24, 2.45) is 0 Å². The van der Waals surface area contributed by atoms with Crippen LogP contribution in [0.1, 0.15) is 47.4 Å². The van der Waals surface area contributed by atoms with E-state index in [9.17, 15) is 13.6 Å². The van der Waals surface area contributed by atoms with Crippen LogP contribution in [0.15, 0.2) is 28.9 Å². The summed E-state index contributed by atoms with van der Waals surface area (Å²) in [6.45, 7) is 0.196. The van der Waals surface area contributed by atoms with Gasteiger partial charge in [-0.3, -0.25) is 0 Å². The summed E-state index contributed by atoms with van der Waals surface area (Å²) in [6, 6.07) is 3.63. The molecule has 1 N–H and O–H groups in total. The van der Waals surface area contributed by atoms with Gasteiger partial charge in [-0.1, -0.05) is 24.1 Å². The molecule has 0 saturated heterocycles. The molecule has 0 atom stereocenters. The number of hydrogen-bond donors (Lipinski definition) is 1. The molecule has 7 heteroatoms. The quantitative estimate of drug-likeness (QED) is 0.849. The summed E-state index contributed by atoms with van der Waals surface area (Å²) in [4.78, 5) is 11.7. The van der Waals surface area contributed by atoms with Crippen LogP contribution < -0.4 is 5.32 Å². The smallest absolute Gasteiger partial charge is 0.343 e. The highest BCUT2D eigenvalue weighted by Gasteiger charge is 2.38. The van der Waals surface area contributed by atoms with Gasteiger partial charge < -0.3 is 14.6 Å². The van der Waals surface area contributed by atoms with Crippen molar-refractivity contribution in [2.75, 3.05) is 7.11 Å². The minimum Gasteiger partial charge on any atom is -0.465 e. The van der Waals surface area contributed by atoms with Crippen molar-refractivity contribution in [3.05, 3.63) is 52.9 Å². The second kappa shape index (κ2) is 6.68. The van der Waals surface area contributed by atoms with Crippen molar-refractivity contribution in [3.63, 3.8) is 0 Å². The fraction of sp³-hybridized carbons (Fsp3) is 0.412. The van der Waals surface area contributed by atoms with Gasteiger partial charge in [-0.25, -0.2) is 13.6 Å². The summed E-state index contributed by atoms with van der Waals surface area (Å²) >= 11 is 0. The summed E-state index contributed by atoms with van der Waals surface area (Å²) in [5, 5.41) is 6.91. The van der Waals surface area contributed by atoms with E-state index in [2.05, 4.69) is 15.2 Å². The summed E-state index contributed by atoms with van der Waals surface area (Å²) in [5.74, 6) is -1.39. The molecule has 0 spiro atoms. The van der Waals surface area contributed by atoms with Gasteiger partial charge in [0, 0.05) is 17.2 Å². The third-order valence-electron chi connectivity index (χ3n) is 4.54. The van der Waals surface area contributed by atoms with Crippen molar-refractivity contribution >= 4 is 5.97 Å². The lowest BCUT2D eigenvalue weighted by molar-refractivity contribution is 0.0597. The molecule has 2 aromatic rings. The number of nitrogens with zero attached hydrogens (tertiary/aromatic N) is 1. The van der Waals surface area contributed by atoms with Crippen LogP contribution in [-0.4, -0.2) is 18.2 Å². The minimum atomic E-state index is -0.613. The lowest BCUT2D eigenvalue weighted by Crippen LogP contribution is -2.40. The Labute approximate surface area is 138 Å². The first-order valence-corrected chi connectivity index (χ1v) is 7.78. The first-order valence-electron chi connectivity index (χ1n) is 7.78. The van der Waals surface area contributed by atoms with E-state index in [0.29, 0.717) is 11.3 Å². The van der Waals surface area contributed by atoms with E-state index in [0.717, 1.165) is 31.7 Å². The zero-order valence-electron chi connectivity index (χ0n) is 13.3. The molecular formula is C17H18F2N2O3. The van der Waals surface area contributed by atoms with E-state index in [4.69, 9.17) is 4.52 Å². The number of esters is 1. The highest BCUT2D eigenvalue weighted by molar-refractivity contribution is 5.89. The number of aromatic nitrogens is 1. The number of benzene rings is 1. The van der Waals surface area contributed by atoms with E-state index in [1.54, 1.807) is 0 Å². The molecule has 0 unspecified atom stereocenters. The van der Waals surface area contributed by atoms with Crippen molar-refractivity contribution in [1.29, 1.82) is 0 Å². The number of carbonyl (C=O) groups excluding carboxylic acids is 1. The molecule has 0 bridgehead atoms. The van der Waals surface area contributed by atoms with Gasteiger partial charge >= 0.3 is 5.97 Å². The fourth-order valence-corrected chi connectivity index (χ4v) is 3.31. The zero-order chi connectivity index (χ0) is 17.2. The molecule has 0 radical (unpaired) electrons. The number of carbonyl (C=O) groups is 1. The summed E-state index contributed by atoms with van der Waals surface area (Å²) in [7, 11) is 1.28. The van der Waals surface area contributed by atoms with Crippen molar-refractivity contribution in [1.82, 2.24) is 10.5 Å². The molecule has 5 nitrogen and oxygen atoms in total. The largest absolute Gasteiger partial charge is 0.465 e. The van der Waals surface area contributed by atoms with Gasteiger partial charge in [-0.15, -0.1) is 0 Å². The highest BCUT2D eigenvalue weighted by atomic mass is 19.1. The number of hydrogen-bond acceptors (Lipinski definition) is 5. The molecule has 1 aliphatic rings. The Hall–Kier alpha value is -2.28. The average Bonchev–Trinajstić information content (AvgIpc) is 3.22. The Bertz CT molecular complexity index is 739. The predicted octanol–water partition coefficient (Wildman–Crippen LogP) is 3.30. The van der Waals surface area contributed by atoms with Crippen LogP contribution in [0.2, 0.25) is 0 Å². The van der Waals surface area contributed by atoms with Gasteiger partial charge in [-0.2, -0.15) is 0 Å². The fourth-order valence-electron chi connectivity index (χ4n) is 3.31. The molecule has 0 aliphatic heterocycles. The van der Waals surface area contributed by atoms with Gasteiger partial charge in [-0.05, 0) is 18.9 Å².